The number of aryl methyl sites for hydroxylation is 1. The van der Waals surface area contributed by atoms with E-state index in [0.29, 0.717) is 69.8 Å². The molecular weight excluding hydrogens is 720 g/mol. The van der Waals surface area contributed by atoms with Gasteiger partial charge in [0.2, 0.25) is 29.5 Å². The summed E-state index contributed by atoms with van der Waals surface area (Å²) in [7, 11) is 1.51. The molecule has 4 rings (SSSR count). The van der Waals surface area contributed by atoms with E-state index < -0.39 is 35.9 Å². The summed E-state index contributed by atoms with van der Waals surface area (Å²) < 4.78 is 16.5. The fourth-order valence-electron chi connectivity index (χ4n) is 6.68. The predicted octanol–water partition coefficient (Wildman–Crippen LogP) is 1.66. The Labute approximate surface area is 329 Å². The first-order valence-corrected chi connectivity index (χ1v) is 19.6. The highest BCUT2D eigenvalue weighted by Gasteiger charge is 2.33. The molecule has 1 saturated heterocycles. The van der Waals surface area contributed by atoms with E-state index in [9.17, 15) is 28.8 Å². The van der Waals surface area contributed by atoms with Gasteiger partial charge in [-0.05, 0) is 74.6 Å². The molecule has 306 valence electrons. The second-order valence-electron chi connectivity index (χ2n) is 14.5. The molecule has 15 heteroatoms. The minimum Gasteiger partial charge on any atom is -0.493 e. The Balaban J connectivity index is 1.55. The third-order valence-electron chi connectivity index (χ3n) is 9.96. The van der Waals surface area contributed by atoms with Gasteiger partial charge < -0.3 is 45.7 Å². The van der Waals surface area contributed by atoms with Crippen molar-refractivity contribution in [3.8, 4) is 11.5 Å². The number of rotatable bonds is 9. The van der Waals surface area contributed by atoms with Crippen molar-refractivity contribution in [2.24, 2.45) is 11.8 Å². The zero-order valence-corrected chi connectivity index (χ0v) is 33.0. The van der Waals surface area contributed by atoms with Gasteiger partial charge in [0.05, 0.1) is 7.11 Å². The quantitative estimate of drug-likeness (QED) is 0.252. The molecule has 5 N–H and O–H groups in total. The van der Waals surface area contributed by atoms with E-state index in [-0.39, 0.29) is 62.1 Å². The lowest BCUT2D eigenvalue weighted by Crippen LogP contribution is -2.58. The average Bonchev–Trinajstić information content (AvgIpc) is 3.20. The molecule has 6 amide bonds. The van der Waals surface area contributed by atoms with Gasteiger partial charge in [0.15, 0.2) is 18.1 Å². The molecule has 2 bridgehead atoms. The summed E-state index contributed by atoms with van der Waals surface area (Å²) in [5, 5.41) is 14.4. The number of nitrogens with one attached hydrogen (secondary N) is 5. The molecule has 2 aliphatic heterocycles. The summed E-state index contributed by atoms with van der Waals surface area (Å²) in [6, 6.07) is 11.7. The van der Waals surface area contributed by atoms with E-state index in [1.807, 2.05) is 57.2 Å². The van der Waals surface area contributed by atoms with Gasteiger partial charge in [-0.15, -0.1) is 0 Å². The normalized spacial score (nSPS) is 21.2. The highest BCUT2D eigenvalue weighted by Crippen LogP contribution is 2.28. The van der Waals surface area contributed by atoms with Crippen LogP contribution in [-0.4, -0.2) is 112 Å². The first-order chi connectivity index (χ1) is 27.0. The van der Waals surface area contributed by atoms with Gasteiger partial charge in [-0.3, -0.25) is 28.8 Å². The minimum atomic E-state index is -1.07. The Morgan fingerprint density at radius 3 is 2.34 bits per heavy atom. The zero-order valence-electron chi connectivity index (χ0n) is 33.0. The minimum absolute atomic E-state index is 0.0139. The lowest BCUT2D eigenvalue weighted by Gasteiger charge is -2.32. The van der Waals surface area contributed by atoms with Crippen LogP contribution in [0.15, 0.2) is 48.5 Å². The Kier molecular flexibility index (Phi) is 17.4. The highest BCUT2D eigenvalue weighted by molar-refractivity contribution is 5.94. The number of fused-ring (bicyclic) bond motifs is 2. The van der Waals surface area contributed by atoms with Crippen LogP contribution >= 0.6 is 0 Å². The smallest absolute Gasteiger partial charge is 0.257 e. The lowest BCUT2D eigenvalue weighted by molar-refractivity contribution is -0.140. The highest BCUT2D eigenvalue weighted by atomic mass is 16.5. The standard InChI is InChI=1S/C41H58N6O9/c1-5-55-26-36(49)47-21-17-30(18-22-47)38(50)44-31-14-10-19-42-35(48)25-56-34-24-29(15-16-33(34)54-4)13-9-20-43-41(53)37(27(2)3)46-40(52)32(45-39(31)51)23-28-11-7-6-8-12-28/h6-8,11-12,15-16,24,27,30-32,37H,5,9-10,13-14,17-23,25-26H2,1-4H3,(H,42,48)(H,43,53)(H,44,50)(H,45,51)(H,46,52)/t31-,32-,37+/m0/s1. The fraction of sp³-hybridized carbons (Fsp3) is 0.561. The second-order valence-corrected chi connectivity index (χ2v) is 14.5. The summed E-state index contributed by atoms with van der Waals surface area (Å²) >= 11 is 0. The fourth-order valence-corrected chi connectivity index (χ4v) is 6.68. The lowest BCUT2D eigenvalue weighted by atomic mass is 9.95. The molecule has 0 spiro atoms. The van der Waals surface area contributed by atoms with Gasteiger partial charge in [-0.2, -0.15) is 0 Å². The van der Waals surface area contributed by atoms with Crippen molar-refractivity contribution in [2.45, 2.75) is 83.8 Å². The number of amides is 6. The number of hydrogen-bond acceptors (Lipinski definition) is 9. The molecule has 0 aliphatic carbocycles. The first kappa shape index (κ1) is 43.5. The SMILES string of the molecule is CCOCC(=O)N1CCC(C(=O)N[C@H]2CCCNC(=O)COc3cc(ccc3OC)CCCNC(=O)[C@@H](C(C)C)NC(=O)[C@H](Cc3ccccc3)NC2=O)CC1. The molecule has 56 heavy (non-hydrogen) atoms. The van der Waals surface area contributed by atoms with Crippen molar-refractivity contribution in [2.75, 3.05) is 53.1 Å². The van der Waals surface area contributed by atoms with Crippen molar-refractivity contribution in [1.29, 1.82) is 0 Å². The van der Waals surface area contributed by atoms with Crippen molar-refractivity contribution in [3.63, 3.8) is 0 Å². The van der Waals surface area contributed by atoms with Gasteiger partial charge in [0.25, 0.3) is 5.91 Å². The molecule has 0 radical (unpaired) electrons. The molecule has 0 unspecified atom stereocenters. The monoisotopic (exact) mass is 778 g/mol. The third-order valence-corrected chi connectivity index (χ3v) is 9.96. The number of piperidine rings is 1. The topological polar surface area (TPSA) is 194 Å². The Bertz CT molecular complexity index is 1630. The van der Waals surface area contributed by atoms with Gasteiger partial charge in [-0.25, -0.2) is 0 Å². The molecule has 2 aromatic rings. The number of carbonyl (C=O) groups is 6. The maximum Gasteiger partial charge on any atom is 0.257 e. The van der Waals surface area contributed by atoms with Crippen LogP contribution in [0.2, 0.25) is 0 Å². The maximum atomic E-state index is 14.1. The molecule has 0 aromatic heterocycles. The van der Waals surface area contributed by atoms with E-state index >= 15 is 0 Å². The van der Waals surface area contributed by atoms with Crippen LogP contribution < -0.4 is 36.1 Å². The average molecular weight is 779 g/mol. The predicted molar refractivity (Wildman–Crippen MR) is 209 cm³/mol. The van der Waals surface area contributed by atoms with Crippen molar-refractivity contribution < 1.29 is 43.0 Å². The van der Waals surface area contributed by atoms with Gasteiger partial charge in [0.1, 0.15) is 24.7 Å². The number of likely N-dealkylation sites (tertiary alicyclic amines) is 1. The van der Waals surface area contributed by atoms with E-state index in [2.05, 4.69) is 26.6 Å². The Morgan fingerprint density at radius 1 is 0.911 bits per heavy atom. The molecule has 1 fully saturated rings. The molecule has 3 atom stereocenters. The van der Waals surface area contributed by atoms with E-state index in [1.54, 1.807) is 17.0 Å². The van der Waals surface area contributed by atoms with Crippen LogP contribution in [-0.2, 0) is 46.3 Å². The van der Waals surface area contributed by atoms with Crippen LogP contribution in [0.1, 0.15) is 64.0 Å². The molecule has 0 saturated carbocycles. The van der Waals surface area contributed by atoms with Crippen molar-refractivity contribution >= 4 is 35.4 Å². The van der Waals surface area contributed by atoms with Crippen LogP contribution in [0.3, 0.4) is 0 Å². The maximum absolute atomic E-state index is 14.1. The third kappa shape index (κ3) is 13.5. The van der Waals surface area contributed by atoms with Gasteiger partial charge in [0, 0.05) is 45.1 Å². The van der Waals surface area contributed by atoms with Gasteiger partial charge >= 0.3 is 0 Å². The van der Waals surface area contributed by atoms with E-state index in [1.165, 1.54) is 7.11 Å². The zero-order chi connectivity index (χ0) is 40.5. The molecule has 2 aromatic carbocycles. The number of benzene rings is 2. The van der Waals surface area contributed by atoms with Crippen molar-refractivity contribution in [3.05, 3.63) is 59.7 Å². The van der Waals surface area contributed by atoms with E-state index in [4.69, 9.17) is 14.2 Å². The summed E-state index contributed by atoms with van der Waals surface area (Å²) in [6.07, 6.45) is 2.65. The summed E-state index contributed by atoms with van der Waals surface area (Å²) in [4.78, 5) is 82.1. The Morgan fingerprint density at radius 2 is 1.64 bits per heavy atom. The number of nitrogens with zero attached hydrogens (tertiary/aromatic N) is 1. The molecule has 15 nitrogen and oxygen atoms in total. The number of methoxy groups -OCH3 is 1. The number of ether oxygens (including phenoxy) is 3. The Hall–Kier alpha value is -5.18. The van der Waals surface area contributed by atoms with Gasteiger partial charge in [-0.1, -0.05) is 50.2 Å². The van der Waals surface area contributed by atoms with Crippen LogP contribution in [0.4, 0.5) is 0 Å². The molecule has 2 aliphatic rings. The van der Waals surface area contributed by atoms with Crippen LogP contribution in [0.5, 0.6) is 11.5 Å². The summed E-state index contributed by atoms with van der Waals surface area (Å²) in [6.45, 7) is 6.94. The summed E-state index contributed by atoms with van der Waals surface area (Å²) in [5.41, 5.74) is 1.72. The molecule has 2 heterocycles. The largest absolute Gasteiger partial charge is 0.493 e. The first-order valence-electron chi connectivity index (χ1n) is 19.6. The molecular formula is C41H58N6O9. The van der Waals surface area contributed by atoms with Crippen molar-refractivity contribution in [1.82, 2.24) is 31.5 Å². The van der Waals surface area contributed by atoms with Crippen LogP contribution in [0.25, 0.3) is 0 Å². The van der Waals surface area contributed by atoms with E-state index in [0.717, 1.165) is 11.1 Å². The van der Waals surface area contributed by atoms with Crippen LogP contribution in [0, 0.1) is 11.8 Å². The number of hydrogen-bond donors (Lipinski definition) is 5. The number of carbonyl (C=O) groups excluding carboxylic acids is 6. The summed E-state index contributed by atoms with van der Waals surface area (Å²) in [5.74, 6) is -2.13. The second kappa shape index (κ2) is 22.4.